The van der Waals surface area contributed by atoms with Crippen LogP contribution in [0.25, 0.3) is 0 Å². The number of ether oxygens (including phenoxy) is 1. The number of nitrogens with one attached hydrogen (secondary N) is 2. The van der Waals surface area contributed by atoms with Gasteiger partial charge >= 0.3 is 0 Å². The fourth-order valence-electron chi connectivity index (χ4n) is 1.44. The molecule has 0 aliphatic carbocycles. The highest BCUT2D eigenvalue weighted by Crippen LogP contribution is 2.10. The number of anilines is 1. The van der Waals surface area contributed by atoms with Crippen LogP contribution in [0.2, 0.25) is 0 Å². The Labute approximate surface area is 132 Å². The molecule has 0 unspecified atom stereocenters. The van der Waals surface area contributed by atoms with E-state index in [1.807, 2.05) is 0 Å². The molecule has 116 valence electrons. The maximum absolute atomic E-state index is 11.8. The Hall–Kier alpha value is -1.51. The predicted octanol–water partition coefficient (Wildman–Crippen LogP) is 0.477. The zero-order chi connectivity index (χ0) is 15.7. The van der Waals surface area contributed by atoms with Gasteiger partial charge in [-0.25, -0.2) is 4.98 Å². The van der Waals surface area contributed by atoms with Crippen LogP contribution in [0.5, 0.6) is 0 Å². The van der Waals surface area contributed by atoms with E-state index < -0.39 is 0 Å². The quantitative estimate of drug-likeness (QED) is 0.660. The molecule has 0 aliphatic heterocycles. The van der Waals surface area contributed by atoms with Crippen molar-refractivity contribution in [3.05, 3.63) is 22.8 Å². The van der Waals surface area contributed by atoms with Crippen LogP contribution < -0.4 is 10.6 Å². The van der Waals surface area contributed by atoms with Crippen LogP contribution >= 0.6 is 15.9 Å². The predicted molar refractivity (Wildman–Crippen MR) is 82.9 cm³/mol. The Morgan fingerprint density at radius 2 is 2.19 bits per heavy atom. The van der Waals surface area contributed by atoms with Gasteiger partial charge < -0.3 is 20.3 Å². The van der Waals surface area contributed by atoms with E-state index in [4.69, 9.17) is 4.74 Å². The number of halogens is 1. The van der Waals surface area contributed by atoms with Gasteiger partial charge in [0.05, 0.1) is 19.7 Å². The Morgan fingerprint density at radius 3 is 2.81 bits per heavy atom. The van der Waals surface area contributed by atoms with Gasteiger partial charge in [-0.15, -0.1) is 0 Å². The second-order valence-electron chi connectivity index (χ2n) is 4.33. The fourth-order valence-corrected chi connectivity index (χ4v) is 1.67. The smallest absolute Gasteiger partial charge is 0.245 e. The zero-order valence-corrected chi connectivity index (χ0v) is 13.6. The van der Waals surface area contributed by atoms with Crippen molar-refractivity contribution in [2.45, 2.75) is 0 Å². The first kappa shape index (κ1) is 17.5. The summed E-state index contributed by atoms with van der Waals surface area (Å²) in [6.45, 7) is 1.27. The maximum atomic E-state index is 11.8. The Morgan fingerprint density at radius 1 is 1.43 bits per heavy atom. The van der Waals surface area contributed by atoms with Crippen molar-refractivity contribution in [2.75, 3.05) is 45.7 Å². The first-order chi connectivity index (χ1) is 10.0. The van der Waals surface area contributed by atoms with Crippen molar-refractivity contribution >= 4 is 33.6 Å². The molecule has 1 aromatic rings. The van der Waals surface area contributed by atoms with E-state index in [1.165, 1.54) is 4.90 Å². The van der Waals surface area contributed by atoms with E-state index in [1.54, 1.807) is 32.5 Å². The lowest BCUT2D eigenvalue weighted by Gasteiger charge is -2.17. The van der Waals surface area contributed by atoms with Gasteiger partial charge in [0.15, 0.2) is 0 Å². The molecule has 0 saturated heterocycles. The summed E-state index contributed by atoms with van der Waals surface area (Å²) in [7, 11) is 3.17. The van der Waals surface area contributed by atoms with Crippen LogP contribution in [-0.4, -0.2) is 62.1 Å². The summed E-state index contributed by atoms with van der Waals surface area (Å²) in [6, 6.07) is 3.45. The highest BCUT2D eigenvalue weighted by Gasteiger charge is 2.12. The second-order valence-corrected chi connectivity index (χ2v) is 5.24. The minimum Gasteiger partial charge on any atom is -0.383 e. The molecule has 0 bridgehead atoms. The third-order valence-electron chi connectivity index (χ3n) is 2.56. The van der Waals surface area contributed by atoms with Crippen LogP contribution in [-0.2, 0) is 14.3 Å². The van der Waals surface area contributed by atoms with E-state index in [2.05, 4.69) is 31.5 Å². The lowest BCUT2D eigenvalue weighted by Crippen LogP contribution is -2.40. The summed E-state index contributed by atoms with van der Waals surface area (Å²) in [6.07, 6.45) is 1.59. The van der Waals surface area contributed by atoms with Crippen LogP contribution in [0.3, 0.4) is 0 Å². The standard InChI is InChI=1S/C13H19BrN4O3/c1-18(13(20)8-15-5-6-21-2)9-12(19)17-11-4-3-10(14)7-16-11/h3-4,7,15H,5-6,8-9H2,1-2H3,(H,16,17,19). The van der Waals surface area contributed by atoms with Crippen molar-refractivity contribution in [1.82, 2.24) is 15.2 Å². The zero-order valence-electron chi connectivity index (χ0n) is 12.1. The van der Waals surface area contributed by atoms with Crippen LogP contribution in [0.15, 0.2) is 22.8 Å². The van der Waals surface area contributed by atoms with Crippen molar-refractivity contribution in [2.24, 2.45) is 0 Å². The van der Waals surface area contributed by atoms with Gasteiger partial charge in [-0.05, 0) is 28.1 Å². The monoisotopic (exact) mass is 358 g/mol. The largest absolute Gasteiger partial charge is 0.383 e. The molecule has 2 N–H and O–H groups in total. The molecule has 0 atom stereocenters. The number of aromatic nitrogens is 1. The summed E-state index contributed by atoms with van der Waals surface area (Å²) in [4.78, 5) is 28.9. The van der Waals surface area contributed by atoms with E-state index in [0.29, 0.717) is 19.0 Å². The third kappa shape index (κ3) is 7.16. The van der Waals surface area contributed by atoms with Crippen molar-refractivity contribution in [3.8, 4) is 0 Å². The second kappa shape index (κ2) is 9.43. The fraction of sp³-hybridized carbons (Fsp3) is 0.462. The Balaban J connectivity index is 2.32. The number of rotatable bonds is 8. The number of amides is 2. The number of carbonyl (C=O) groups is 2. The van der Waals surface area contributed by atoms with Crippen molar-refractivity contribution in [1.29, 1.82) is 0 Å². The first-order valence-electron chi connectivity index (χ1n) is 6.38. The lowest BCUT2D eigenvalue weighted by molar-refractivity contribution is -0.132. The molecule has 7 nitrogen and oxygen atoms in total. The summed E-state index contributed by atoms with van der Waals surface area (Å²) in [5.74, 6) is -0.00940. The summed E-state index contributed by atoms with van der Waals surface area (Å²) in [5.41, 5.74) is 0. The molecule has 8 heteroatoms. The van der Waals surface area contributed by atoms with E-state index in [0.717, 1.165) is 4.47 Å². The number of methoxy groups -OCH3 is 1. The average Bonchev–Trinajstić information content (AvgIpc) is 2.45. The Kier molecular flexibility index (Phi) is 7.88. The number of likely N-dealkylation sites (N-methyl/N-ethyl adjacent to an activating group) is 1. The minimum atomic E-state index is -0.294. The molecule has 21 heavy (non-hydrogen) atoms. The number of hydrogen-bond acceptors (Lipinski definition) is 5. The molecule has 2 amide bonds. The molecule has 1 heterocycles. The van der Waals surface area contributed by atoms with Crippen molar-refractivity contribution < 1.29 is 14.3 Å². The maximum Gasteiger partial charge on any atom is 0.245 e. The summed E-state index contributed by atoms with van der Waals surface area (Å²) in [5, 5.41) is 5.56. The van der Waals surface area contributed by atoms with Gasteiger partial charge in [0.25, 0.3) is 0 Å². The topological polar surface area (TPSA) is 83.6 Å². The van der Waals surface area contributed by atoms with Gasteiger partial charge in [-0.3, -0.25) is 9.59 Å². The lowest BCUT2D eigenvalue weighted by atomic mass is 10.4. The van der Waals surface area contributed by atoms with E-state index in [-0.39, 0.29) is 24.9 Å². The molecule has 0 radical (unpaired) electrons. The molecule has 0 saturated carbocycles. The van der Waals surface area contributed by atoms with E-state index in [9.17, 15) is 9.59 Å². The van der Waals surface area contributed by atoms with Gasteiger partial charge in [0, 0.05) is 31.4 Å². The normalized spacial score (nSPS) is 10.2. The molecule has 0 aliphatic rings. The number of hydrogen-bond donors (Lipinski definition) is 2. The highest BCUT2D eigenvalue weighted by atomic mass is 79.9. The van der Waals surface area contributed by atoms with Crippen molar-refractivity contribution in [3.63, 3.8) is 0 Å². The molecule has 0 aromatic carbocycles. The molecular formula is C13H19BrN4O3. The van der Waals surface area contributed by atoms with Crippen LogP contribution in [0, 0.1) is 0 Å². The summed E-state index contributed by atoms with van der Waals surface area (Å²) >= 11 is 3.26. The number of carbonyl (C=O) groups excluding carboxylic acids is 2. The average molecular weight is 359 g/mol. The van der Waals surface area contributed by atoms with Gasteiger partial charge in [0.1, 0.15) is 5.82 Å². The minimum absolute atomic E-state index is 0.0253. The highest BCUT2D eigenvalue weighted by molar-refractivity contribution is 9.10. The van der Waals surface area contributed by atoms with Crippen LogP contribution in [0.1, 0.15) is 0 Å². The van der Waals surface area contributed by atoms with Gasteiger partial charge in [-0.2, -0.15) is 0 Å². The molecule has 0 spiro atoms. The molecule has 1 aromatic heterocycles. The molecular weight excluding hydrogens is 340 g/mol. The van der Waals surface area contributed by atoms with Gasteiger partial charge in [0.2, 0.25) is 11.8 Å². The molecule has 1 rings (SSSR count). The Bertz CT molecular complexity index is 467. The first-order valence-corrected chi connectivity index (χ1v) is 7.17. The van der Waals surface area contributed by atoms with Gasteiger partial charge in [-0.1, -0.05) is 0 Å². The van der Waals surface area contributed by atoms with E-state index >= 15 is 0 Å². The van der Waals surface area contributed by atoms with Crippen LogP contribution in [0.4, 0.5) is 5.82 Å². The number of nitrogens with zero attached hydrogens (tertiary/aromatic N) is 2. The molecule has 0 fully saturated rings. The summed E-state index contributed by atoms with van der Waals surface area (Å²) < 4.78 is 5.69. The number of pyridine rings is 1. The third-order valence-corrected chi connectivity index (χ3v) is 3.03. The SMILES string of the molecule is COCCNCC(=O)N(C)CC(=O)Nc1ccc(Br)cn1.